The van der Waals surface area contributed by atoms with E-state index in [2.05, 4.69) is 15.4 Å². The molecule has 3 aromatic rings. The van der Waals surface area contributed by atoms with E-state index in [0.29, 0.717) is 5.01 Å². The Kier molecular flexibility index (Phi) is 3.47. The predicted molar refractivity (Wildman–Crippen MR) is 83.4 cm³/mol. The van der Waals surface area contributed by atoms with Crippen molar-refractivity contribution in [1.29, 1.82) is 0 Å². The lowest BCUT2D eigenvalue weighted by molar-refractivity contribution is 0.0939. The second-order valence-electron chi connectivity index (χ2n) is 5.03. The molecule has 21 heavy (non-hydrogen) atoms. The van der Waals surface area contributed by atoms with Gasteiger partial charge in [-0.15, -0.1) is 11.3 Å². The minimum absolute atomic E-state index is 0.0989. The second kappa shape index (κ2) is 5.29. The summed E-state index contributed by atoms with van der Waals surface area (Å²) < 4.78 is 2.78. The molecule has 0 bridgehead atoms. The van der Waals surface area contributed by atoms with Gasteiger partial charge in [-0.3, -0.25) is 9.48 Å². The number of hydrogen-bond donors (Lipinski definition) is 1. The summed E-state index contributed by atoms with van der Waals surface area (Å²) in [7, 11) is 1.87. The van der Waals surface area contributed by atoms with Crippen LogP contribution in [0.4, 0.5) is 0 Å². The fourth-order valence-corrected chi connectivity index (χ4v) is 3.22. The number of para-hydroxylation sites is 1. The highest BCUT2D eigenvalue weighted by atomic mass is 32.1. The number of nitrogens with one attached hydrogen (secondary N) is 1. The summed E-state index contributed by atoms with van der Waals surface area (Å²) in [6, 6.07) is 7.66. The molecule has 1 N–H and O–H groups in total. The maximum atomic E-state index is 12.3. The minimum atomic E-state index is -0.146. The van der Waals surface area contributed by atoms with Gasteiger partial charge in [0.25, 0.3) is 5.91 Å². The van der Waals surface area contributed by atoms with Gasteiger partial charge in [0, 0.05) is 18.8 Å². The lowest BCUT2D eigenvalue weighted by atomic mass is 10.1. The van der Waals surface area contributed by atoms with Crippen molar-refractivity contribution in [1.82, 2.24) is 20.1 Å². The third-order valence-corrected chi connectivity index (χ3v) is 4.39. The van der Waals surface area contributed by atoms with Crippen LogP contribution in [0.2, 0.25) is 0 Å². The molecule has 0 fully saturated rings. The van der Waals surface area contributed by atoms with Gasteiger partial charge >= 0.3 is 0 Å². The molecule has 0 aliphatic carbocycles. The van der Waals surface area contributed by atoms with Crippen molar-refractivity contribution in [3.05, 3.63) is 46.7 Å². The highest BCUT2D eigenvalue weighted by Gasteiger charge is 2.18. The molecule has 0 spiro atoms. The first-order chi connectivity index (χ1) is 10.0. The van der Waals surface area contributed by atoms with Crippen LogP contribution in [0, 0.1) is 6.92 Å². The van der Waals surface area contributed by atoms with Crippen LogP contribution in [0.5, 0.6) is 0 Å². The molecule has 1 atom stereocenters. The van der Waals surface area contributed by atoms with Crippen LogP contribution in [0.3, 0.4) is 0 Å². The fraction of sp³-hybridized carbons (Fsp3) is 0.267. The molecule has 0 saturated heterocycles. The Morgan fingerprint density at radius 1 is 1.38 bits per heavy atom. The Bertz CT molecular complexity index is 772. The van der Waals surface area contributed by atoms with Gasteiger partial charge in [-0.05, 0) is 26.0 Å². The summed E-state index contributed by atoms with van der Waals surface area (Å²) in [6.07, 6.45) is 1.93. The second-order valence-corrected chi connectivity index (χ2v) is 6.06. The molecule has 1 amide bonds. The van der Waals surface area contributed by atoms with Crippen LogP contribution >= 0.6 is 11.3 Å². The molecular formula is C15H16N4OS. The zero-order chi connectivity index (χ0) is 15.0. The van der Waals surface area contributed by atoms with Gasteiger partial charge in [-0.2, -0.15) is 5.10 Å². The number of carbonyl (C=O) groups excluding carboxylic acids is 1. The van der Waals surface area contributed by atoms with Crippen molar-refractivity contribution < 1.29 is 4.79 Å². The van der Waals surface area contributed by atoms with Crippen molar-refractivity contribution in [2.75, 3.05) is 0 Å². The van der Waals surface area contributed by atoms with Crippen LogP contribution < -0.4 is 5.32 Å². The maximum Gasteiger partial charge on any atom is 0.280 e. The number of thiazole rings is 1. The number of amides is 1. The summed E-state index contributed by atoms with van der Waals surface area (Å²) in [5.74, 6) is -0.146. The van der Waals surface area contributed by atoms with E-state index in [1.807, 2.05) is 51.4 Å². The quantitative estimate of drug-likeness (QED) is 0.809. The van der Waals surface area contributed by atoms with Gasteiger partial charge in [0.2, 0.25) is 0 Å². The van der Waals surface area contributed by atoms with E-state index >= 15 is 0 Å². The molecule has 0 aliphatic rings. The lowest BCUT2D eigenvalue weighted by Crippen LogP contribution is -2.26. The average molecular weight is 300 g/mol. The van der Waals surface area contributed by atoms with E-state index in [1.54, 1.807) is 4.68 Å². The number of hydrogen-bond acceptors (Lipinski definition) is 4. The number of rotatable bonds is 3. The summed E-state index contributed by atoms with van der Waals surface area (Å²) in [5.41, 5.74) is 2.81. The SMILES string of the molecule is Cc1nn(C)cc1C(C)NC(=O)c1nc2ccccc2s1. The monoisotopic (exact) mass is 300 g/mol. The minimum Gasteiger partial charge on any atom is -0.343 e. The van der Waals surface area contributed by atoms with Gasteiger partial charge in [0.1, 0.15) is 0 Å². The summed E-state index contributed by atoms with van der Waals surface area (Å²) in [5, 5.41) is 7.77. The fourth-order valence-electron chi connectivity index (χ4n) is 2.35. The van der Waals surface area contributed by atoms with E-state index in [1.165, 1.54) is 11.3 Å². The Hall–Kier alpha value is -2.21. The number of aryl methyl sites for hydroxylation is 2. The first-order valence-corrected chi connectivity index (χ1v) is 7.53. The zero-order valence-electron chi connectivity index (χ0n) is 12.1. The highest BCUT2D eigenvalue weighted by molar-refractivity contribution is 7.20. The van der Waals surface area contributed by atoms with Crippen LogP contribution in [-0.4, -0.2) is 20.7 Å². The molecule has 108 valence electrons. The van der Waals surface area contributed by atoms with Crippen LogP contribution in [-0.2, 0) is 7.05 Å². The van der Waals surface area contributed by atoms with Gasteiger partial charge in [0.05, 0.1) is 22.0 Å². The molecule has 6 heteroatoms. The molecule has 2 aromatic heterocycles. The topological polar surface area (TPSA) is 59.8 Å². The van der Waals surface area contributed by atoms with Crippen LogP contribution in [0.1, 0.15) is 34.0 Å². The molecular weight excluding hydrogens is 284 g/mol. The summed E-state index contributed by atoms with van der Waals surface area (Å²) in [4.78, 5) is 16.7. The zero-order valence-corrected chi connectivity index (χ0v) is 12.9. The van der Waals surface area contributed by atoms with Gasteiger partial charge in [0.15, 0.2) is 5.01 Å². The normalized spacial score (nSPS) is 12.5. The number of fused-ring (bicyclic) bond motifs is 1. The van der Waals surface area contributed by atoms with Crippen LogP contribution in [0.15, 0.2) is 30.5 Å². The number of aromatic nitrogens is 3. The lowest BCUT2D eigenvalue weighted by Gasteiger charge is -2.11. The molecule has 2 heterocycles. The number of carbonyl (C=O) groups is 1. The van der Waals surface area contributed by atoms with E-state index in [9.17, 15) is 4.79 Å². The van der Waals surface area contributed by atoms with E-state index in [0.717, 1.165) is 21.5 Å². The van der Waals surface area contributed by atoms with Crippen molar-refractivity contribution >= 4 is 27.5 Å². The molecule has 5 nitrogen and oxygen atoms in total. The smallest absolute Gasteiger partial charge is 0.280 e. The summed E-state index contributed by atoms with van der Waals surface area (Å²) >= 11 is 1.41. The molecule has 0 aliphatic heterocycles. The third kappa shape index (κ3) is 2.67. The van der Waals surface area contributed by atoms with Crippen molar-refractivity contribution in [3.8, 4) is 0 Å². The third-order valence-electron chi connectivity index (χ3n) is 3.35. The molecule has 0 radical (unpaired) electrons. The Labute approximate surface area is 126 Å². The predicted octanol–water partition coefficient (Wildman–Crippen LogP) is 2.83. The molecule has 0 saturated carbocycles. The summed E-state index contributed by atoms with van der Waals surface area (Å²) in [6.45, 7) is 3.89. The highest BCUT2D eigenvalue weighted by Crippen LogP contribution is 2.22. The maximum absolute atomic E-state index is 12.3. The van der Waals surface area contributed by atoms with E-state index < -0.39 is 0 Å². The first-order valence-electron chi connectivity index (χ1n) is 6.71. The number of benzene rings is 1. The standard InChI is InChI=1S/C15H16N4OS/c1-9(11-8-19(3)18-10(11)2)16-14(20)15-17-12-6-4-5-7-13(12)21-15/h4-9H,1-3H3,(H,16,20). The van der Waals surface area contributed by atoms with E-state index in [4.69, 9.17) is 0 Å². The Morgan fingerprint density at radius 3 is 2.81 bits per heavy atom. The van der Waals surface area contributed by atoms with Crippen molar-refractivity contribution in [3.63, 3.8) is 0 Å². The van der Waals surface area contributed by atoms with Crippen LogP contribution in [0.25, 0.3) is 10.2 Å². The average Bonchev–Trinajstić information content (AvgIpc) is 3.01. The molecule has 1 aromatic carbocycles. The largest absolute Gasteiger partial charge is 0.343 e. The Morgan fingerprint density at radius 2 is 2.14 bits per heavy atom. The van der Waals surface area contributed by atoms with Crippen molar-refractivity contribution in [2.45, 2.75) is 19.9 Å². The van der Waals surface area contributed by atoms with E-state index in [-0.39, 0.29) is 11.9 Å². The van der Waals surface area contributed by atoms with Crippen molar-refractivity contribution in [2.24, 2.45) is 7.05 Å². The molecule has 1 unspecified atom stereocenters. The molecule has 3 rings (SSSR count). The van der Waals surface area contributed by atoms with Gasteiger partial charge < -0.3 is 5.32 Å². The first kappa shape index (κ1) is 13.8. The van der Waals surface area contributed by atoms with Gasteiger partial charge in [-0.1, -0.05) is 12.1 Å². The van der Waals surface area contributed by atoms with Gasteiger partial charge in [-0.25, -0.2) is 4.98 Å². The number of nitrogens with zero attached hydrogens (tertiary/aromatic N) is 3. The Balaban J connectivity index is 1.81.